The molecule has 0 fully saturated rings. The van der Waals surface area contributed by atoms with E-state index in [4.69, 9.17) is 0 Å². The molecule has 19 heavy (non-hydrogen) atoms. The van der Waals surface area contributed by atoms with E-state index < -0.39 is 0 Å². The van der Waals surface area contributed by atoms with Gasteiger partial charge in [0.1, 0.15) is 6.54 Å². The summed E-state index contributed by atoms with van der Waals surface area (Å²) in [6.07, 6.45) is 1.48. The normalized spacial score (nSPS) is 10.2. The molecule has 1 amide bonds. The fourth-order valence-electron chi connectivity index (χ4n) is 1.89. The van der Waals surface area contributed by atoms with Crippen molar-refractivity contribution in [3.05, 3.63) is 58.0 Å². The van der Waals surface area contributed by atoms with Gasteiger partial charge in [-0.2, -0.15) is 5.10 Å². The first kappa shape index (κ1) is 13.0. The van der Waals surface area contributed by atoms with Gasteiger partial charge in [-0.15, -0.1) is 0 Å². The number of hydrogen-bond donors (Lipinski definition) is 1. The average molecular weight is 257 g/mol. The number of benzene rings is 1. The maximum absolute atomic E-state index is 11.8. The molecule has 0 radical (unpaired) electrons. The van der Waals surface area contributed by atoms with Crippen LogP contribution in [0.15, 0.2) is 41.3 Å². The first-order valence-corrected chi connectivity index (χ1v) is 5.95. The van der Waals surface area contributed by atoms with Crippen LogP contribution in [0.5, 0.6) is 0 Å². The van der Waals surface area contributed by atoms with Crippen LogP contribution >= 0.6 is 0 Å². The predicted molar refractivity (Wildman–Crippen MR) is 73.0 cm³/mol. The third-order valence-corrected chi connectivity index (χ3v) is 2.58. The summed E-state index contributed by atoms with van der Waals surface area (Å²) in [5.41, 5.74) is 2.58. The summed E-state index contributed by atoms with van der Waals surface area (Å²) >= 11 is 0. The molecule has 1 aromatic heterocycles. The predicted octanol–water partition coefficient (Wildman–Crippen LogP) is 1.50. The number of carbonyl (C=O) groups excluding carboxylic acids is 1. The van der Waals surface area contributed by atoms with E-state index in [9.17, 15) is 9.59 Å². The molecule has 1 N–H and O–H groups in total. The van der Waals surface area contributed by atoms with Crippen molar-refractivity contribution in [2.24, 2.45) is 0 Å². The highest BCUT2D eigenvalue weighted by atomic mass is 16.2. The molecule has 5 nitrogen and oxygen atoms in total. The molecule has 5 heteroatoms. The second kappa shape index (κ2) is 5.48. The largest absolute Gasteiger partial charge is 0.324 e. The first-order valence-electron chi connectivity index (χ1n) is 5.95. The third-order valence-electron chi connectivity index (χ3n) is 2.58. The van der Waals surface area contributed by atoms with Crippen LogP contribution in [0.2, 0.25) is 0 Å². The van der Waals surface area contributed by atoms with Crippen molar-refractivity contribution in [3.8, 4) is 0 Å². The molecule has 0 bridgehead atoms. The summed E-state index contributed by atoms with van der Waals surface area (Å²) in [7, 11) is 0. The van der Waals surface area contributed by atoms with Crippen molar-refractivity contribution in [2.75, 3.05) is 5.32 Å². The van der Waals surface area contributed by atoms with Gasteiger partial charge in [0.2, 0.25) is 5.91 Å². The summed E-state index contributed by atoms with van der Waals surface area (Å²) in [4.78, 5) is 23.3. The minimum atomic E-state index is -0.293. The number of carbonyl (C=O) groups is 1. The first-order chi connectivity index (χ1) is 9.04. The number of anilines is 1. The van der Waals surface area contributed by atoms with Crippen molar-refractivity contribution in [2.45, 2.75) is 20.4 Å². The summed E-state index contributed by atoms with van der Waals surface area (Å²) in [6.45, 7) is 3.84. The number of aryl methyl sites for hydroxylation is 2. The van der Waals surface area contributed by atoms with E-state index >= 15 is 0 Å². The molecule has 0 saturated carbocycles. The third kappa shape index (κ3) is 3.51. The van der Waals surface area contributed by atoms with Gasteiger partial charge >= 0.3 is 0 Å². The topological polar surface area (TPSA) is 64.0 Å². The fraction of sp³-hybridized carbons (Fsp3) is 0.214. The molecule has 1 heterocycles. The van der Waals surface area contributed by atoms with Crippen molar-refractivity contribution in [1.29, 1.82) is 0 Å². The number of aromatic nitrogens is 2. The van der Waals surface area contributed by atoms with E-state index in [1.165, 1.54) is 12.3 Å². The molecular formula is C14H15N3O2. The Kier molecular flexibility index (Phi) is 3.75. The van der Waals surface area contributed by atoms with E-state index in [0.29, 0.717) is 0 Å². The van der Waals surface area contributed by atoms with Gasteiger partial charge in [-0.05, 0) is 43.2 Å². The number of nitrogens with one attached hydrogen (secondary N) is 1. The number of nitrogens with zero attached hydrogens (tertiary/aromatic N) is 2. The number of hydrogen-bond acceptors (Lipinski definition) is 3. The lowest BCUT2D eigenvalue weighted by atomic mass is 10.1. The highest BCUT2D eigenvalue weighted by Crippen LogP contribution is 2.13. The lowest BCUT2D eigenvalue weighted by Gasteiger charge is -2.08. The minimum absolute atomic E-state index is 0.0906. The van der Waals surface area contributed by atoms with Gasteiger partial charge in [0, 0.05) is 18.0 Å². The lowest BCUT2D eigenvalue weighted by Crippen LogP contribution is -2.28. The van der Waals surface area contributed by atoms with E-state index in [0.717, 1.165) is 21.5 Å². The molecule has 0 saturated heterocycles. The molecule has 1 aromatic carbocycles. The van der Waals surface area contributed by atoms with Crippen LogP contribution in [-0.2, 0) is 11.3 Å². The zero-order chi connectivity index (χ0) is 13.8. The van der Waals surface area contributed by atoms with Gasteiger partial charge in [0.25, 0.3) is 5.56 Å². The van der Waals surface area contributed by atoms with Crippen molar-refractivity contribution in [1.82, 2.24) is 9.78 Å². The van der Waals surface area contributed by atoms with Crippen LogP contribution < -0.4 is 10.9 Å². The maximum atomic E-state index is 11.8. The molecule has 2 aromatic rings. The van der Waals surface area contributed by atoms with Gasteiger partial charge in [-0.1, -0.05) is 6.07 Å². The zero-order valence-electron chi connectivity index (χ0n) is 10.9. The van der Waals surface area contributed by atoms with E-state index in [1.807, 2.05) is 32.0 Å². The summed E-state index contributed by atoms with van der Waals surface area (Å²) in [6, 6.07) is 8.70. The molecule has 0 aliphatic carbocycles. The van der Waals surface area contributed by atoms with E-state index in [1.54, 1.807) is 6.07 Å². The molecular weight excluding hydrogens is 242 g/mol. The summed E-state index contributed by atoms with van der Waals surface area (Å²) in [5.74, 6) is -0.272. The van der Waals surface area contributed by atoms with Gasteiger partial charge < -0.3 is 5.32 Å². The Bertz CT molecular complexity index is 641. The van der Waals surface area contributed by atoms with Gasteiger partial charge in [-0.3, -0.25) is 9.59 Å². The van der Waals surface area contributed by atoms with Crippen molar-refractivity contribution >= 4 is 11.6 Å². The van der Waals surface area contributed by atoms with Gasteiger partial charge in [0.15, 0.2) is 0 Å². The van der Waals surface area contributed by atoms with Crippen LogP contribution in [0.3, 0.4) is 0 Å². The fourth-order valence-corrected chi connectivity index (χ4v) is 1.89. The quantitative estimate of drug-likeness (QED) is 0.906. The van der Waals surface area contributed by atoms with Crippen LogP contribution in [0, 0.1) is 13.8 Å². The van der Waals surface area contributed by atoms with Crippen LogP contribution in [0.25, 0.3) is 0 Å². The average Bonchev–Trinajstić information content (AvgIpc) is 2.30. The Morgan fingerprint density at radius 3 is 2.58 bits per heavy atom. The Hall–Kier alpha value is -2.43. The molecule has 2 rings (SSSR count). The Balaban J connectivity index is 2.10. The number of amides is 1. The SMILES string of the molecule is Cc1cc(C)cc(NC(=O)Cn2ncccc2=O)c1. The Labute approximate surface area is 110 Å². The number of rotatable bonds is 3. The second-order valence-electron chi connectivity index (χ2n) is 4.44. The Morgan fingerprint density at radius 2 is 1.95 bits per heavy atom. The highest BCUT2D eigenvalue weighted by Gasteiger charge is 2.06. The monoisotopic (exact) mass is 257 g/mol. The van der Waals surface area contributed by atoms with Gasteiger partial charge in [0.05, 0.1) is 0 Å². The van der Waals surface area contributed by atoms with Crippen LogP contribution in [0.1, 0.15) is 11.1 Å². The van der Waals surface area contributed by atoms with Crippen LogP contribution in [-0.4, -0.2) is 15.7 Å². The lowest BCUT2D eigenvalue weighted by molar-refractivity contribution is -0.117. The maximum Gasteiger partial charge on any atom is 0.267 e. The molecule has 0 aliphatic heterocycles. The zero-order valence-corrected chi connectivity index (χ0v) is 10.9. The summed E-state index contributed by atoms with van der Waals surface area (Å²) < 4.78 is 1.12. The minimum Gasteiger partial charge on any atom is -0.324 e. The Morgan fingerprint density at radius 1 is 1.26 bits per heavy atom. The molecule has 0 spiro atoms. The molecule has 0 aliphatic rings. The van der Waals surface area contributed by atoms with Crippen molar-refractivity contribution < 1.29 is 4.79 Å². The van der Waals surface area contributed by atoms with Gasteiger partial charge in [-0.25, -0.2) is 4.68 Å². The van der Waals surface area contributed by atoms with Crippen molar-refractivity contribution in [3.63, 3.8) is 0 Å². The molecule has 0 atom stereocenters. The van der Waals surface area contributed by atoms with E-state index in [-0.39, 0.29) is 18.0 Å². The summed E-state index contributed by atoms with van der Waals surface area (Å²) in [5, 5.41) is 6.60. The molecule has 0 unspecified atom stereocenters. The molecule has 98 valence electrons. The smallest absolute Gasteiger partial charge is 0.267 e. The second-order valence-corrected chi connectivity index (χ2v) is 4.44. The van der Waals surface area contributed by atoms with Crippen LogP contribution in [0.4, 0.5) is 5.69 Å². The standard InChI is InChI=1S/C14H15N3O2/c1-10-6-11(2)8-12(7-10)16-13(18)9-17-14(19)4-3-5-15-17/h3-8H,9H2,1-2H3,(H,16,18). The highest BCUT2D eigenvalue weighted by molar-refractivity contribution is 5.90. The van der Waals surface area contributed by atoms with E-state index in [2.05, 4.69) is 10.4 Å².